The molecular weight excluding hydrogens is 378 g/mol. The van der Waals surface area contributed by atoms with Crippen molar-refractivity contribution in [2.24, 2.45) is 0 Å². The van der Waals surface area contributed by atoms with Crippen LogP contribution in [-0.4, -0.2) is 39.4 Å². The maximum Gasteiger partial charge on any atom is 0.341 e. The van der Waals surface area contributed by atoms with Crippen LogP contribution < -0.4 is 10.1 Å². The number of fused-ring (bicyclic) bond motifs is 1. The lowest BCUT2D eigenvalue weighted by molar-refractivity contribution is -0.139. The minimum Gasteiger partial charge on any atom is -0.482 e. The van der Waals surface area contributed by atoms with Crippen LogP contribution in [0.25, 0.3) is 11.0 Å². The zero-order valence-corrected chi connectivity index (χ0v) is 16.2. The number of amides is 1. The number of carbonyl (C=O) groups excluding carboxylic acids is 1. The van der Waals surface area contributed by atoms with E-state index in [0.29, 0.717) is 12.3 Å². The van der Waals surface area contributed by atoms with Crippen LogP contribution in [0.2, 0.25) is 0 Å². The van der Waals surface area contributed by atoms with Crippen LogP contribution in [0, 0.1) is 0 Å². The summed E-state index contributed by atoms with van der Waals surface area (Å²) in [6.07, 6.45) is 2.00. The number of rotatable bonds is 9. The average molecular weight is 399 g/mol. The van der Waals surface area contributed by atoms with Crippen molar-refractivity contribution in [1.82, 2.24) is 14.9 Å². The van der Waals surface area contributed by atoms with Gasteiger partial charge in [-0.05, 0) is 36.1 Å². The molecule has 7 nitrogen and oxygen atoms in total. The Balaban J connectivity index is 1.65. The summed E-state index contributed by atoms with van der Waals surface area (Å²) in [5, 5.41) is 11.6. The molecule has 3 aromatic rings. The van der Waals surface area contributed by atoms with Crippen molar-refractivity contribution in [1.29, 1.82) is 0 Å². The molecule has 0 saturated heterocycles. The zero-order chi connectivity index (χ0) is 19.9. The first kappa shape index (κ1) is 19.8. The van der Waals surface area contributed by atoms with E-state index < -0.39 is 12.6 Å². The van der Waals surface area contributed by atoms with Crippen LogP contribution in [0.15, 0.2) is 48.5 Å². The van der Waals surface area contributed by atoms with Gasteiger partial charge in [0.1, 0.15) is 18.1 Å². The number of nitrogens with one attached hydrogen (secondary N) is 1. The number of carboxylic acids is 1. The number of imidazole rings is 1. The van der Waals surface area contributed by atoms with E-state index in [4.69, 9.17) is 9.84 Å². The van der Waals surface area contributed by atoms with E-state index in [1.165, 1.54) is 0 Å². The molecule has 1 amide bonds. The second-order valence-corrected chi connectivity index (χ2v) is 7.01. The first-order valence-corrected chi connectivity index (χ1v) is 10.1. The summed E-state index contributed by atoms with van der Waals surface area (Å²) in [7, 11) is 0. The molecule has 0 aliphatic rings. The van der Waals surface area contributed by atoms with Gasteiger partial charge in [-0.2, -0.15) is 11.8 Å². The number of carbonyl (C=O) groups is 2. The van der Waals surface area contributed by atoms with Crippen molar-refractivity contribution in [2.75, 3.05) is 12.9 Å². The van der Waals surface area contributed by atoms with E-state index >= 15 is 0 Å². The highest BCUT2D eigenvalue weighted by molar-refractivity contribution is 7.97. The molecule has 2 N–H and O–H groups in total. The Morgan fingerprint density at radius 1 is 1.21 bits per heavy atom. The molecule has 28 heavy (non-hydrogen) atoms. The molecule has 1 aromatic heterocycles. The number of aromatic nitrogens is 2. The van der Waals surface area contributed by atoms with Crippen LogP contribution in [0.4, 0.5) is 0 Å². The molecule has 0 unspecified atom stereocenters. The molecule has 0 spiro atoms. The van der Waals surface area contributed by atoms with E-state index in [2.05, 4.69) is 10.3 Å². The highest BCUT2D eigenvalue weighted by Crippen LogP contribution is 2.19. The van der Waals surface area contributed by atoms with Crippen LogP contribution in [0.3, 0.4) is 0 Å². The minimum atomic E-state index is -1.03. The summed E-state index contributed by atoms with van der Waals surface area (Å²) in [6.45, 7) is 0.112. The molecule has 0 aliphatic carbocycles. The van der Waals surface area contributed by atoms with Crippen LogP contribution >= 0.6 is 11.8 Å². The van der Waals surface area contributed by atoms with E-state index in [-0.39, 0.29) is 12.5 Å². The van der Waals surface area contributed by atoms with Crippen molar-refractivity contribution in [3.63, 3.8) is 0 Å². The van der Waals surface area contributed by atoms with Gasteiger partial charge in [-0.25, -0.2) is 9.78 Å². The van der Waals surface area contributed by atoms with Crippen LogP contribution in [0.1, 0.15) is 11.4 Å². The van der Waals surface area contributed by atoms with Gasteiger partial charge < -0.3 is 19.7 Å². The maximum atomic E-state index is 12.5. The molecule has 0 aliphatic heterocycles. The molecular formula is C20H21N3O4S. The predicted molar refractivity (Wildman–Crippen MR) is 108 cm³/mol. The number of thioether (sulfide) groups is 1. The lowest BCUT2D eigenvalue weighted by Crippen LogP contribution is -2.27. The lowest BCUT2D eigenvalue weighted by Gasteiger charge is -2.10. The van der Waals surface area contributed by atoms with Gasteiger partial charge in [-0.1, -0.05) is 24.3 Å². The first-order chi connectivity index (χ1) is 13.6. The van der Waals surface area contributed by atoms with Gasteiger partial charge in [-0.3, -0.25) is 4.79 Å². The number of carboxylic acid groups (broad SMARTS) is 1. The fourth-order valence-electron chi connectivity index (χ4n) is 2.83. The van der Waals surface area contributed by atoms with Crippen molar-refractivity contribution in [2.45, 2.75) is 18.8 Å². The van der Waals surface area contributed by atoms with Gasteiger partial charge in [0.2, 0.25) is 5.91 Å². The van der Waals surface area contributed by atoms with E-state index in [1.807, 2.05) is 41.2 Å². The average Bonchev–Trinajstić information content (AvgIpc) is 3.03. The Morgan fingerprint density at radius 3 is 2.82 bits per heavy atom. The molecule has 0 radical (unpaired) electrons. The van der Waals surface area contributed by atoms with Gasteiger partial charge in [0, 0.05) is 6.54 Å². The molecule has 8 heteroatoms. The summed E-state index contributed by atoms with van der Waals surface area (Å²) < 4.78 is 7.10. The summed E-state index contributed by atoms with van der Waals surface area (Å²) >= 11 is 1.66. The van der Waals surface area contributed by atoms with Crippen LogP contribution in [0.5, 0.6) is 5.75 Å². The maximum absolute atomic E-state index is 12.5. The van der Waals surface area contributed by atoms with E-state index in [1.54, 1.807) is 30.0 Å². The number of benzene rings is 2. The smallest absolute Gasteiger partial charge is 0.341 e. The summed E-state index contributed by atoms with van der Waals surface area (Å²) in [5.41, 5.74) is 2.64. The van der Waals surface area contributed by atoms with Crippen molar-refractivity contribution in [3.05, 3.63) is 59.9 Å². The Hall–Kier alpha value is -3.00. The van der Waals surface area contributed by atoms with Crippen molar-refractivity contribution >= 4 is 34.7 Å². The highest BCUT2D eigenvalue weighted by Gasteiger charge is 2.13. The molecule has 3 rings (SSSR count). The summed E-state index contributed by atoms with van der Waals surface area (Å²) in [6, 6.07) is 14.8. The Kier molecular flexibility index (Phi) is 6.54. The van der Waals surface area contributed by atoms with E-state index in [9.17, 15) is 9.59 Å². The van der Waals surface area contributed by atoms with Gasteiger partial charge >= 0.3 is 5.97 Å². The monoisotopic (exact) mass is 399 g/mol. The standard InChI is InChI=1S/C20H21N3O4S/c1-28-13-18-22-16-7-2-3-8-17(16)23(18)11-19(24)21-10-14-5-4-6-15(9-14)27-12-20(25)26/h2-9H,10-13H2,1H3,(H,21,24)(H,25,26). The fraction of sp³-hybridized carbons (Fsp3) is 0.250. The molecule has 0 bridgehead atoms. The first-order valence-electron chi connectivity index (χ1n) is 8.70. The summed E-state index contributed by atoms with van der Waals surface area (Å²) in [4.78, 5) is 27.7. The zero-order valence-electron chi connectivity index (χ0n) is 15.4. The normalized spacial score (nSPS) is 10.8. The molecule has 1 heterocycles. The third-order valence-corrected chi connectivity index (χ3v) is 4.61. The second kappa shape index (κ2) is 9.27. The number of ether oxygens (including phenoxy) is 1. The largest absolute Gasteiger partial charge is 0.482 e. The van der Waals surface area contributed by atoms with Gasteiger partial charge in [0.15, 0.2) is 6.61 Å². The highest BCUT2D eigenvalue weighted by atomic mass is 32.2. The predicted octanol–water partition coefficient (Wildman–Crippen LogP) is 2.68. The van der Waals surface area contributed by atoms with Gasteiger partial charge in [-0.15, -0.1) is 0 Å². The van der Waals surface area contributed by atoms with Crippen LogP contribution in [-0.2, 0) is 28.4 Å². The molecule has 0 saturated carbocycles. The van der Waals surface area contributed by atoms with E-state index in [0.717, 1.165) is 28.2 Å². The number of nitrogens with zero attached hydrogens (tertiary/aromatic N) is 2. The molecule has 0 atom stereocenters. The topological polar surface area (TPSA) is 93.5 Å². The van der Waals surface area contributed by atoms with Crippen molar-refractivity contribution in [3.8, 4) is 5.75 Å². The second-order valence-electron chi connectivity index (χ2n) is 6.14. The number of aliphatic carboxylic acids is 1. The molecule has 146 valence electrons. The Morgan fingerprint density at radius 2 is 2.04 bits per heavy atom. The number of para-hydroxylation sites is 2. The van der Waals surface area contributed by atoms with Gasteiger partial charge in [0.05, 0.1) is 16.8 Å². The lowest BCUT2D eigenvalue weighted by atomic mass is 10.2. The fourth-order valence-corrected chi connectivity index (χ4v) is 3.31. The Bertz CT molecular complexity index is 986. The molecule has 2 aromatic carbocycles. The molecule has 0 fully saturated rings. The van der Waals surface area contributed by atoms with Crippen molar-refractivity contribution < 1.29 is 19.4 Å². The third-order valence-electron chi connectivity index (χ3n) is 4.06. The Labute approximate surface area is 166 Å². The number of hydrogen-bond acceptors (Lipinski definition) is 5. The van der Waals surface area contributed by atoms with Gasteiger partial charge in [0.25, 0.3) is 0 Å². The SMILES string of the molecule is CSCc1nc2ccccc2n1CC(=O)NCc1cccc(OCC(=O)O)c1. The third kappa shape index (κ3) is 5.04. The quantitative estimate of drug-likeness (QED) is 0.575. The summed E-state index contributed by atoms with van der Waals surface area (Å²) in [5.74, 6) is 0.893. The number of hydrogen-bond donors (Lipinski definition) is 2. The minimum absolute atomic E-state index is 0.123.